The molecule has 4 aromatic rings. The molecule has 6 nitrogen and oxygen atoms in total. The largest absolute Gasteiger partial charge is 0.489 e. The lowest BCUT2D eigenvalue weighted by Crippen LogP contribution is -1.95. The second-order valence-corrected chi connectivity index (χ2v) is 5.62. The standard InChI is InChI=1S/C20H14N4O2/c21-12-18-20(23-24-22-18)16-3-1-4-17(11-16)26-13-14-6-8-15(9-7-14)19-5-2-10-25-19/h1-11H,13H2,(H,22,23,24). The van der Waals surface area contributed by atoms with Crippen LogP contribution in [0.2, 0.25) is 0 Å². The first kappa shape index (κ1) is 15.7. The fraction of sp³-hybridized carbons (Fsp3) is 0.0500. The van der Waals surface area contributed by atoms with Crippen LogP contribution < -0.4 is 4.74 Å². The summed E-state index contributed by atoms with van der Waals surface area (Å²) < 4.78 is 11.3. The third-order valence-corrected chi connectivity index (χ3v) is 3.93. The normalized spacial score (nSPS) is 10.4. The summed E-state index contributed by atoms with van der Waals surface area (Å²) in [4.78, 5) is 0. The number of ether oxygens (including phenoxy) is 1. The molecule has 0 amide bonds. The van der Waals surface area contributed by atoms with Gasteiger partial charge in [0.25, 0.3) is 0 Å². The predicted octanol–water partition coefficient (Wildman–Crippen LogP) is 4.18. The maximum Gasteiger partial charge on any atom is 0.190 e. The fourth-order valence-corrected chi connectivity index (χ4v) is 2.62. The van der Waals surface area contributed by atoms with Crippen LogP contribution in [0.25, 0.3) is 22.6 Å². The molecule has 0 spiro atoms. The van der Waals surface area contributed by atoms with Crippen molar-refractivity contribution in [2.45, 2.75) is 6.61 Å². The highest BCUT2D eigenvalue weighted by molar-refractivity contribution is 5.65. The van der Waals surface area contributed by atoms with Gasteiger partial charge in [0.05, 0.1) is 6.26 Å². The molecule has 0 atom stereocenters. The molecule has 4 rings (SSSR count). The van der Waals surface area contributed by atoms with Crippen molar-refractivity contribution < 1.29 is 9.15 Å². The van der Waals surface area contributed by atoms with E-state index >= 15 is 0 Å². The lowest BCUT2D eigenvalue weighted by Gasteiger charge is -2.08. The summed E-state index contributed by atoms with van der Waals surface area (Å²) in [6.07, 6.45) is 1.66. The van der Waals surface area contributed by atoms with E-state index in [2.05, 4.69) is 15.4 Å². The Labute approximate surface area is 149 Å². The third-order valence-electron chi connectivity index (χ3n) is 3.93. The number of hydrogen-bond donors (Lipinski definition) is 1. The van der Waals surface area contributed by atoms with Crippen LogP contribution in [0.3, 0.4) is 0 Å². The van der Waals surface area contributed by atoms with Crippen LogP contribution >= 0.6 is 0 Å². The Kier molecular flexibility index (Phi) is 4.19. The minimum Gasteiger partial charge on any atom is -0.489 e. The number of benzene rings is 2. The van der Waals surface area contributed by atoms with E-state index in [4.69, 9.17) is 14.4 Å². The van der Waals surface area contributed by atoms with Crippen molar-refractivity contribution in [2.75, 3.05) is 0 Å². The molecule has 126 valence electrons. The molecule has 0 saturated heterocycles. The van der Waals surface area contributed by atoms with E-state index in [0.29, 0.717) is 18.1 Å². The van der Waals surface area contributed by atoms with E-state index in [0.717, 1.165) is 22.5 Å². The average molecular weight is 342 g/mol. The third kappa shape index (κ3) is 3.19. The maximum absolute atomic E-state index is 9.07. The molecule has 0 aliphatic rings. The van der Waals surface area contributed by atoms with Crippen molar-refractivity contribution in [3.05, 3.63) is 78.2 Å². The molecule has 26 heavy (non-hydrogen) atoms. The molecule has 1 N–H and O–H groups in total. The molecule has 2 aromatic carbocycles. The number of nitrogens with zero attached hydrogens (tertiary/aromatic N) is 3. The van der Waals surface area contributed by atoms with Crippen molar-refractivity contribution in [2.24, 2.45) is 0 Å². The summed E-state index contributed by atoms with van der Waals surface area (Å²) in [6.45, 7) is 0.436. The van der Waals surface area contributed by atoms with Crippen LogP contribution in [-0.4, -0.2) is 15.4 Å². The molecule has 6 heteroatoms. The average Bonchev–Trinajstić information content (AvgIpc) is 3.38. The summed E-state index contributed by atoms with van der Waals surface area (Å²) in [5, 5.41) is 19.4. The zero-order valence-electron chi connectivity index (χ0n) is 13.7. The van der Waals surface area contributed by atoms with Crippen LogP contribution in [0.15, 0.2) is 71.3 Å². The number of aromatic nitrogens is 3. The lowest BCUT2D eigenvalue weighted by atomic mass is 10.1. The minimum atomic E-state index is 0.260. The molecule has 2 heterocycles. The molecular weight excluding hydrogens is 328 g/mol. The molecule has 0 bridgehead atoms. The molecular formula is C20H14N4O2. The van der Waals surface area contributed by atoms with E-state index < -0.39 is 0 Å². The maximum atomic E-state index is 9.07. The van der Waals surface area contributed by atoms with Crippen LogP contribution in [-0.2, 0) is 6.61 Å². The van der Waals surface area contributed by atoms with E-state index in [1.165, 1.54) is 0 Å². The van der Waals surface area contributed by atoms with Gasteiger partial charge >= 0.3 is 0 Å². The Hall–Kier alpha value is -3.85. The van der Waals surface area contributed by atoms with Crippen LogP contribution in [0.5, 0.6) is 5.75 Å². The minimum absolute atomic E-state index is 0.260. The van der Waals surface area contributed by atoms with E-state index in [1.807, 2.05) is 66.7 Å². The molecule has 0 aliphatic heterocycles. The van der Waals surface area contributed by atoms with Crippen molar-refractivity contribution >= 4 is 0 Å². The van der Waals surface area contributed by atoms with E-state index in [1.54, 1.807) is 6.26 Å². The molecule has 2 aromatic heterocycles. The fourth-order valence-electron chi connectivity index (χ4n) is 2.62. The van der Waals surface area contributed by atoms with Gasteiger partial charge in [-0.05, 0) is 29.8 Å². The molecule has 0 saturated carbocycles. The highest BCUT2D eigenvalue weighted by Gasteiger charge is 2.10. The van der Waals surface area contributed by atoms with Gasteiger partial charge in [-0.15, -0.1) is 5.10 Å². The number of aromatic amines is 1. The Bertz CT molecular complexity index is 1040. The Morgan fingerprint density at radius 2 is 1.88 bits per heavy atom. The van der Waals surface area contributed by atoms with Crippen molar-refractivity contribution in [1.82, 2.24) is 15.4 Å². The second kappa shape index (κ2) is 6.95. The van der Waals surface area contributed by atoms with Gasteiger partial charge in [-0.1, -0.05) is 36.4 Å². The van der Waals surface area contributed by atoms with Gasteiger partial charge in [-0.2, -0.15) is 15.6 Å². The summed E-state index contributed by atoms with van der Waals surface area (Å²) >= 11 is 0. The van der Waals surface area contributed by atoms with Gasteiger partial charge in [0.1, 0.15) is 29.9 Å². The van der Waals surface area contributed by atoms with Crippen molar-refractivity contribution in [1.29, 1.82) is 5.26 Å². The van der Waals surface area contributed by atoms with Gasteiger partial charge in [-0.25, -0.2) is 0 Å². The van der Waals surface area contributed by atoms with Gasteiger partial charge in [0, 0.05) is 11.1 Å². The van der Waals surface area contributed by atoms with Crippen molar-refractivity contribution in [3.63, 3.8) is 0 Å². The monoisotopic (exact) mass is 342 g/mol. The van der Waals surface area contributed by atoms with Gasteiger partial charge in [-0.3, -0.25) is 0 Å². The van der Waals surface area contributed by atoms with Crippen LogP contribution in [0.1, 0.15) is 11.3 Å². The first-order valence-corrected chi connectivity index (χ1v) is 8.00. The lowest BCUT2D eigenvalue weighted by molar-refractivity contribution is 0.306. The number of furan rings is 1. The van der Waals surface area contributed by atoms with Gasteiger partial charge in [0.2, 0.25) is 0 Å². The zero-order chi connectivity index (χ0) is 17.8. The van der Waals surface area contributed by atoms with Gasteiger partial charge < -0.3 is 9.15 Å². The Morgan fingerprint density at radius 1 is 1.00 bits per heavy atom. The topological polar surface area (TPSA) is 87.7 Å². The predicted molar refractivity (Wildman–Crippen MR) is 95.0 cm³/mol. The quantitative estimate of drug-likeness (QED) is 0.588. The highest BCUT2D eigenvalue weighted by Crippen LogP contribution is 2.25. The summed E-state index contributed by atoms with van der Waals surface area (Å²) in [5.74, 6) is 1.54. The van der Waals surface area contributed by atoms with Crippen LogP contribution in [0, 0.1) is 11.3 Å². The second-order valence-electron chi connectivity index (χ2n) is 5.62. The highest BCUT2D eigenvalue weighted by atomic mass is 16.5. The first-order valence-electron chi connectivity index (χ1n) is 8.00. The SMILES string of the molecule is N#Cc1n[nH]nc1-c1cccc(OCc2ccc(-c3ccco3)cc2)c1. The first-order chi connectivity index (χ1) is 12.8. The number of nitriles is 1. The zero-order valence-corrected chi connectivity index (χ0v) is 13.7. The number of hydrogen-bond acceptors (Lipinski definition) is 5. The van der Waals surface area contributed by atoms with Crippen LogP contribution in [0.4, 0.5) is 0 Å². The summed E-state index contributed by atoms with van der Waals surface area (Å²) in [5.41, 5.74) is 3.62. The molecule has 0 fully saturated rings. The van der Waals surface area contributed by atoms with Gasteiger partial charge in [0.15, 0.2) is 5.69 Å². The van der Waals surface area contributed by atoms with E-state index in [9.17, 15) is 0 Å². The Morgan fingerprint density at radius 3 is 2.65 bits per heavy atom. The van der Waals surface area contributed by atoms with Crippen molar-refractivity contribution in [3.8, 4) is 34.4 Å². The summed E-state index contributed by atoms with van der Waals surface area (Å²) in [7, 11) is 0. The molecule has 0 radical (unpaired) electrons. The smallest absolute Gasteiger partial charge is 0.190 e. The molecule has 0 unspecified atom stereocenters. The summed E-state index contributed by atoms with van der Waals surface area (Å²) in [6, 6.07) is 21.3. The Balaban J connectivity index is 1.47. The number of rotatable bonds is 5. The molecule has 0 aliphatic carbocycles. The van der Waals surface area contributed by atoms with E-state index in [-0.39, 0.29) is 5.69 Å². The number of nitrogens with one attached hydrogen (secondary N) is 1. The number of H-pyrrole nitrogens is 1.